The Balaban J connectivity index is 2.06. The zero-order chi connectivity index (χ0) is 15.4. The highest BCUT2D eigenvalue weighted by Crippen LogP contribution is 2.25. The van der Waals surface area contributed by atoms with Gasteiger partial charge in [-0.2, -0.15) is 0 Å². The van der Waals surface area contributed by atoms with Crippen molar-refractivity contribution in [2.45, 2.75) is 0 Å². The summed E-state index contributed by atoms with van der Waals surface area (Å²) in [7, 11) is 0. The molecule has 0 aliphatic rings. The van der Waals surface area contributed by atoms with Crippen LogP contribution in [0.2, 0.25) is 10.0 Å². The molecule has 1 aromatic carbocycles. The van der Waals surface area contributed by atoms with Crippen LogP contribution in [0, 0.1) is 0 Å². The maximum Gasteiger partial charge on any atom is 0.354 e. The van der Waals surface area contributed by atoms with Gasteiger partial charge in [-0.05, 0) is 30.3 Å². The minimum atomic E-state index is -1.18. The molecule has 2 aromatic rings. The van der Waals surface area contributed by atoms with Crippen molar-refractivity contribution in [2.24, 2.45) is 0 Å². The number of carbonyl (C=O) groups is 2. The van der Waals surface area contributed by atoms with Gasteiger partial charge in [-0.3, -0.25) is 5.32 Å². The molecule has 1 heterocycles. The van der Waals surface area contributed by atoms with Gasteiger partial charge in [0.15, 0.2) is 5.69 Å². The fourth-order valence-corrected chi connectivity index (χ4v) is 1.77. The number of anilines is 2. The van der Waals surface area contributed by atoms with Gasteiger partial charge >= 0.3 is 12.0 Å². The number of hydrogen-bond donors (Lipinski definition) is 3. The minimum absolute atomic E-state index is 0.118. The van der Waals surface area contributed by atoms with Crippen molar-refractivity contribution in [2.75, 3.05) is 10.6 Å². The van der Waals surface area contributed by atoms with Gasteiger partial charge in [0.05, 0.1) is 10.0 Å². The van der Waals surface area contributed by atoms with Crippen LogP contribution in [0.15, 0.2) is 36.4 Å². The number of halogens is 2. The quantitative estimate of drug-likeness (QED) is 0.801. The summed E-state index contributed by atoms with van der Waals surface area (Å²) in [5, 5.41) is 14.4. The summed E-state index contributed by atoms with van der Waals surface area (Å²) in [5.41, 5.74) is 0.277. The van der Waals surface area contributed by atoms with Gasteiger partial charge in [-0.25, -0.2) is 14.6 Å². The van der Waals surface area contributed by atoms with Crippen molar-refractivity contribution in [1.29, 1.82) is 0 Å². The van der Waals surface area contributed by atoms with Crippen molar-refractivity contribution in [3.05, 3.63) is 52.1 Å². The molecule has 0 saturated heterocycles. The fraction of sp³-hybridized carbons (Fsp3) is 0. The maximum atomic E-state index is 11.8. The van der Waals surface area contributed by atoms with Crippen LogP contribution in [-0.2, 0) is 0 Å². The van der Waals surface area contributed by atoms with Gasteiger partial charge in [0, 0.05) is 5.69 Å². The zero-order valence-electron chi connectivity index (χ0n) is 10.4. The third-order valence-corrected chi connectivity index (χ3v) is 3.13. The predicted molar refractivity (Wildman–Crippen MR) is 80.3 cm³/mol. The number of aromatic nitrogens is 1. The van der Waals surface area contributed by atoms with Crippen molar-refractivity contribution < 1.29 is 14.7 Å². The highest BCUT2D eigenvalue weighted by Gasteiger charge is 2.08. The smallest absolute Gasteiger partial charge is 0.354 e. The molecule has 0 fully saturated rings. The lowest BCUT2D eigenvalue weighted by molar-refractivity contribution is 0.0690. The van der Waals surface area contributed by atoms with Gasteiger partial charge < -0.3 is 10.4 Å². The fourth-order valence-electron chi connectivity index (χ4n) is 1.48. The molecule has 6 nitrogen and oxygen atoms in total. The van der Waals surface area contributed by atoms with Crippen LogP contribution in [0.1, 0.15) is 10.5 Å². The summed E-state index contributed by atoms with van der Waals surface area (Å²) in [6.45, 7) is 0. The molecule has 0 saturated carbocycles. The molecule has 0 aliphatic carbocycles. The van der Waals surface area contributed by atoms with E-state index in [4.69, 9.17) is 28.3 Å². The number of rotatable bonds is 3. The summed E-state index contributed by atoms with van der Waals surface area (Å²) in [6, 6.07) is 8.31. The first kappa shape index (κ1) is 15.1. The molecule has 2 amide bonds. The first-order valence-corrected chi connectivity index (χ1v) is 6.45. The number of nitrogens with zero attached hydrogens (tertiary/aromatic N) is 1. The van der Waals surface area contributed by atoms with Crippen molar-refractivity contribution >= 4 is 46.7 Å². The molecule has 108 valence electrons. The van der Waals surface area contributed by atoms with E-state index < -0.39 is 12.0 Å². The highest BCUT2D eigenvalue weighted by molar-refractivity contribution is 6.42. The Bertz CT molecular complexity index is 707. The lowest BCUT2D eigenvalue weighted by Gasteiger charge is -2.08. The molecular formula is C13H9Cl2N3O3. The molecule has 1 aromatic heterocycles. The average Bonchev–Trinajstić information content (AvgIpc) is 2.43. The van der Waals surface area contributed by atoms with E-state index in [9.17, 15) is 9.59 Å². The molecule has 0 atom stereocenters. The van der Waals surface area contributed by atoms with E-state index in [-0.39, 0.29) is 11.5 Å². The molecule has 0 unspecified atom stereocenters. The molecule has 21 heavy (non-hydrogen) atoms. The number of carbonyl (C=O) groups excluding carboxylic acids is 1. The van der Waals surface area contributed by atoms with E-state index in [1.165, 1.54) is 24.3 Å². The third-order valence-electron chi connectivity index (χ3n) is 2.39. The number of urea groups is 1. The molecular weight excluding hydrogens is 317 g/mol. The number of benzene rings is 1. The Labute approximate surface area is 129 Å². The van der Waals surface area contributed by atoms with Gasteiger partial charge in [-0.1, -0.05) is 29.3 Å². The van der Waals surface area contributed by atoms with Gasteiger partial charge in [0.1, 0.15) is 5.82 Å². The number of amides is 2. The predicted octanol–water partition coefficient (Wildman–Crippen LogP) is 3.73. The lowest BCUT2D eigenvalue weighted by atomic mass is 10.3. The third kappa shape index (κ3) is 4.08. The van der Waals surface area contributed by atoms with Crippen molar-refractivity contribution in [3.8, 4) is 0 Å². The second kappa shape index (κ2) is 6.43. The van der Waals surface area contributed by atoms with Crippen LogP contribution in [0.4, 0.5) is 16.3 Å². The van der Waals surface area contributed by atoms with Crippen LogP contribution in [0.5, 0.6) is 0 Å². The minimum Gasteiger partial charge on any atom is -0.477 e. The van der Waals surface area contributed by atoms with Gasteiger partial charge in [0.25, 0.3) is 0 Å². The molecule has 3 N–H and O–H groups in total. The first-order valence-electron chi connectivity index (χ1n) is 5.69. The molecule has 0 aliphatic heterocycles. The lowest BCUT2D eigenvalue weighted by Crippen LogP contribution is -2.20. The average molecular weight is 326 g/mol. The number of aromatic carboxylic acids is 1. The van der Waals surface area contributed by atoms with E-state index in [1.54, 1.807) is 12.1 Å². The Hall–Kier alpha value is -2.31. The Kier molecular flexibility index (Phi) is 4.62. The molecule has 0 spiro atoms. The monoisotopic (exact) mass is 325 g/mol. The second-order valence-corrected chi connectivity index (χ2v) is 4.74. The summed E-state index contributed by atoms with van der Waals surface area (Å²) in [6.07, 6.45) is 0. The number of nitrogens with one attached hydrogen (secondary N) is 2. The molecule has 0 radical (unpaired) electrons. The Morgan fingerprint density at radius 2 is 1.81 bits per heavy atom. The van der Waals surface area contributed by atoms with E-state index in [2.05, 4.69) is 15.6 Å². The summed E-state index contributed by atoms with van der Waals surface area (Å²) >= 11 is 11.6. The van der Waals surface area contributed by atoms with Crippen LogP contribution >= 0.6 is 23.2 Å². The first-order chi connectivity index (χ1) is 9.95. The SMILES string of the molecule is O=C(Nc1ccc(Cl)c(Cl)c1)Nc1cccc(C(=O)O)n1. The van der Waals surface area contributed by atoms with E-state index >= 15 is 0 Å². The van der Waals surface area contributed by atoms with Crippen molar-refractivity contribution in [3.63, 3.8) is 0 Å². The van der Waals surface area contributed by atoms with Crippen LogP contribution in [0.25, 0.3) is 0 Å². The van der Waals surface area contributed by atoms with Crippen LogP contribution in [-0.4, -0.2) is 22.1 Å². The number of carboxylic acids is 1. The maximum absolute atomic E-state index is 11.8. The molecule has 0 bridgehead atoms. The van der Waals surface area contributed by atoms with E-state index in [0.717, 1.165) is 0 Å². The molecule has 2 rings (SSSR count). The normalized spacial score (nSPS) is 10.0. The summed E-state index contributed by atoms with van der Waals surface area (Å²) in [5.74, 6) is -1.06. The Morgan fingerprint density at radius 1 is 1.05 bits per heavy atom. The van der Waals surface area contributed by atoms with E-state index in [1.807, 2.05) is 0 Å². The summed E-state index contributed by atoms with van der Waals surface area (Å²) in [4.78, 5) is 26.3. The zero-order valence-corrected chi connectivity index (χ0v) is 11.9. The van der Waals surface area contributed by atoms with Gasteiger partial charge in [-0.15, -0.1) is 0 Å². The van der Waals surface area contributed by atoms with Crippen molar-refractivity contribution in [1.82, 2.24) is 4.98 Å². The largest absolute Gasteiger partial charge is 0.477 e. The van der Waals surface area contributed by atoms with E-state index in [0.29, 0.717) is 15.7 Å². The Morgan fingerprint density at radius 3 is 2.48 bits per heavy atom. The number of pyridine rings is 1. The topological polar surface area (TPSA) is 91.3 Å². The summed E-state index contributed by atoms with van der Waals surface area (Å²) < 4.78 is 0. The number of hydrogen-bond acceptors (Lipinski definition) is 3. The highest BCUT2D eigenvalue weighted by atomic mass is 35.5. The second-order valence-electron chi connectivity index (χ2n) is 3.92. The standard InChI is InChI=1S/C13H9Cl2N3O3/c14-8-5-4-7(6-9(8)15)16-13(21)18-11-3-1-2-10(17-11)12(19)20/h1-6H,(H,19,20)(H2,16,17,18,21). The van der Waals surface area contributed by atoms with Gasteiger partial charge in [0.2, 0.25) is 0 Å². The van der Waals surface area contributed by atoms with Crippen LogP contribution < -0.4 is 10.6 Å². The van der Waals surface area contributed by atoms with Crippen LogP contribution in [0.3, 0.4) is 0 Å². The molecule has 8 heteroatoms. The number of carboxylic acid groups (broad SMARTS) is 1.